The fourth-order valence-corrected chi connectivity index (χ4v) is 2.73. The molecular formula is C18H18ClN3O2. The maximum atomic E-state index is 12.3. The molecule has 0 unspecified atom stereocenters. The lowest BCUT2D eigenvalue weighted by molar-refractivity contribution is 0.0913. The van der Waals surface area contributed by atoms with Gasteiger partial charge in [-0.15, -0.1) is 0 Å². The average molecular weight is 344 g/mol. The zero-order valence-corrected chi connectivity index (χ0v) is 14.2. The molecular weight excluding hydrogens is 326 g/mol. The van der Waals surface area contributed by atoms with Crippen molar-refractivity contribution in [3.8, 4) is 11.3 Å². The maximum absolute atomic E-state index is 12.3. The molecule has 0 bridgehead atoms. The highest BCUT2D eigenvalue weighted by molar-refractivity contribution is 6.33. The molecule has 6 heteroatoms. The molecule has 3 rings (SSSR count). The van der Waals surface area contributed by atoms with Crippen molar-refractivity contribution in [3.63, 3.8) is 0 Å². The Labute approximate surface area is 145 Å². The molecule has 0 spiro atoms. The van der Waals surface area contributed by atoms with Crippen LogP contribution in [0.4, 0.5) is 0 Å². The van der Waals surface area contributed by atoms with Gasteiger partial charge in [-0.05, 0) is 44.2 Å². The van der Waals surface area contributed by atoms with Crippen LogP contribution in [-0.2, 0) is 6.42 Å². The van der Waals surface area contributed by atoms with Crippen molar-refractivity contribution in [1.29, 1.82) is 0 Å². The molecule has 2 aromatic heterocycles. The molecule has 1 amide bonds. The number of carbonyl (C=O) groups is 1. The summed E-state index contributed by atoms with van der Waals surface area (Å²) in [5.41, 5.74) is 2.67. The summed E-state index contributed by atoms with van der Waals surface area (Å²) in [5, 5.41) is 10.6. The number of carbonyl (C=O) groups excluding carboxylic acids is 1. The summed E-state index contributed by atoms with van der Waals surface area (Å²) in [6.07, 6.45) is 0.647. The molecule has 3 aromatic rings. The largest absolute Gasteiger partial charge is 0.451 e. The minimum absolute atomic E-state index is 0.0611. The van der Waals surface area contributed by atoms with E-state index in [4.69, 9.17) is 16.0 Å². The molecule has 0 aliphatic carbocycles. The van der Waals surface area contributed by atoms with Crippen LogP contribution in [0.1, 0.15) is 28.9 Å². The van der Waals surface area contributed by atoms with Crippen LogP contribution in [0, 0.1) is 6.92 Å². The molecule has 124 valence electrons. The Balaban J connectivity index is 1.66. The number of hydrogen-bond acceptors (Lipinski definition) is 3. The standard InChI is InChI=1S/C18H18ClN3O2/c1-11(9-13-10-12(2)21-22-13)20-18(23)17-8-7-16(24-17)14-5-3-4-6-15(14)19/h3-8,10-11H,9H2,1-2H3,(H,20,23)(H,21,22)/t11-/m0/s1. The van der Waals surface area contributed by atoms with Gasteiger partial charge in [-0.2, -0.15) is 5.10 Å². The molecule has 0 saturated heterocycles. The molecule has 2 N–H and O–H groups in total. The highest BCUT2D eigenvalue weighted by Gasteiger charge is 2.16. The van der Waals surface area contributed by atoms with Crippen molar-refractivity contribution in [2.75, 3.05) is 0 Å². The van der Waals surface area contributed by atoms with Crippen molar-refractivity contribution >= 4 is 17.5 Å². The lowest BCUT2D eigenvalue weighted by Gasteiger charge is -2.11. The Morgan fingerprint density at radius 3 is 2.83 bits per heavy atom. The second-order valence-electron chi connectivity index (χ2n) is 5.76. The molecule has 1 atom stereocenters. The molecule has 0 aliphatic heterocycles. The van der Waals surface area contributed by atoms with Crippen LogP contribution in [-0.4, -0.2) is 22.1 Å². The monoisotopic (exact) mass is 343 g/mol. The lowest BCUT2D eigenvalue weighted by Crippen LogP contribution is -2.33. The Morgan fingerprint density at radius 1 is 1.33 bits per heavy atom. The minimum Gasteiger partial charge on any atom is -0.451 e. The van der Waals surface area contributed by atoms with Crippen molar-refractivity contribution < 1.29 is 9.21 Å². The number of hydrogen-bond donors (Lipinski definition) is 2. The van der Waals surface area contributed by atoms with Gasteiger partial charge >= 0.3 is 0 Å². The van der Waals surface area contributed by atoms with Crippen molar-refractivity contribution in [1.82, 2.24) is 15.5 Å². The summed E-state index contributed by atoms with van der Waals surface area (Å²) < 4.78 is 5.65. The second-order valence-corrected chi connectivity index (χ2v) is 6.17. The van der Waals surface area contributed by atoms with E-state index in [0.29, 0.717) is 17.2 Å². The quantitative estimate of drug-likeness (QED) is 0.735. The third-order valence-electron chi connectivity index (χ3n) is 3.62. The predicted octanol–water partition coefficient (Wildman–Crippen LogP) is 3.99. The second kappa shape index (κ2) is 6.93. The fraction of sp³-hybridized carbons (Fsp3) is 0.222. The number of amides is 1. The number of rotatable bonds is 5. The normalized spacial score (nSPS) is 12.1. The highest BCUT2D eigenvalue weighted by Crippen LogP contribution is 2.29. The van der Waals surface area contributed by atoms with Gasteiger partial charge in [0.1, 0.15) is 5.76 Å². The van der Waals surface area contributed by atoms with Gasteiger partial charge in [0.05, 0.1) is 10.7 Å². The van der Waals surface area contributed by atoms with Crippen LogP contribution in [0.25, 0.3) is 11.3 Å². The number of benzene rings is 1. The summed E-state index contributed by atoms with van der Waals surface area (Å²) >= 11 is 6.15. The van der Waals surface area contributed by atoms with Gasteiger partial charge in [0.15, 0.2) is 5.76 Å². The molecule has 2 heterocycles. The van der Waals surface area contributed by atoms with E-state index in [1.807, 2.05) is 38.1 Å². The van der Waals surface area contributed by atoms with Crippen LogP contribution >= 0.6 is 11.6 Å². The predicted molar refractivity (Wildman–Crippen MR) is 93.1 cm³/mol. The Hall–Kier alpha value is -2.53. The molecule has 5 nitrogen and oxygen atoms in total. The minimum atomic E-state index is -0.256. The van der Waals surface area contributed by atoms with E-state index >= 15 is 0 Å². The Bertz CT molecular complexity index is 853. The van der Waals surface area contributed by atoms with Crippen LogP contribution < -0.4 is 5.32 Å². The third kappa shape index (κ3) is 3.68. The molecule has 24 heavy (non-hydrogen) atoms. The number of furan rings is 1. The number of aryl methyl sites for hydroxylation is 1. The molecule has 0 saturated carbocycles. The van der Waals surface area contributed by atoms with E-state index in [0.717, 1.165) is 17.0 Å². The van der Waals surface area contributed by atoms with Gasteiger partial charge in [-0.1, -0.05) is 23.7 Å². The van der Waals surface area contributed by atoms with Crippen LogP contribution in [0.2, 0.25) is 5.02 Å². The lowest BCUT2D eigenvalue weighted by atomic mass is 10.1. The first-order chi connectivity index (χ1) is 11.5. The topological polar surface area (TPSA) is 70.9 Å². The SMILES string of the molecule is Cc1cc(C[C@H](C)NC(=O)c2ccc(-c3ccccc3Cl)o2)n[nH]1. The number of nitrogens with zero attached hydrogens (tertiary/aromatic N) is 1. The van der Waals surface area contributed by atoms with Crippen LogP contribution in [0.15, 0.2) is 46.9 Å². The maximum Gasteiger partial charge on any atom is 0.287 e. The highest BCUT2D eigenvalue weighted by atomic mass is 35.5. The van der Waals surface area contributed by atoms with E-state index in [9.17, 15) is 4.79 Å². The van der Waals surface area contributed by atoms with Crippen LogP contribution in [0.5, 0.6) is 0 Å². The van der Waals surface area contributed by atoms with E-state index in [1.165, 1.54) is 0 Å². The van der Waals surface area contributed by atoms with Crippen LogP contribution in [0.3, 0.4) is 0 Å². The number of aromatic amines is 1. The van der Waals surface area contributed by atoms with E-state index in [2.05, 4.69) is 15.5 Å². The zero-order valence-electron chi connectivity index (χ0n) is 13.5. The van der Waals surface area contributed by atoms with Gasteiger partial charge in [0.25, 0.3) is 5.91 Å². The Kier molecular flexibility index (Phi) is 4.71. The summed E-state index contributed by atoms with van der Waals surface area (Å²) in [5.74, 6) is 0.573. The number of H-pyrrole nitrogens is 1. The van der Waals surface area contributed by atoms with E-state index < -0.39 is 0 Å². The summed E-state index contributed by atoms with van der Waals surface area (Å²) in [6.45, 7) is 3.87. The third-order valence-corrected chi connectivity index (χ3v) is 3.95. The van der Waals surface area contributed by atoms with E-state index in [-0.39, 0.29) is 17.7 Å². The molecule has 0 fully saturated rings. The van der Waals surface area contributed by atoms with Crippen molar-refractivity contribution in [2.24, 2.45) is 0 Å². The zero-order chi connectivity index (χ0) is 17.1. The molecule has 0 aliphatic rings. The van der Waals surface area contributed by atoms with Gasteiger partial charge in [0.2, 0.25) is 0 Å². The first-order valence-corrected chi connectivity index (χ1v) is 8.07. The fourth-order valence-electron chi connectivity index (χ4n) is 2.50. The van der Waals surface area contributed by atoms with Crippen molar-refractivity contribution in [3.05, 3.63) is 64.6 Å². The smallest absolute Gasteiger partial charge is 0.287 e. The summed E-state index contributed by atoms with van der Waals surface area (Å²) in [6, 6.07) is 12.7. The van der Waals surface area contributed by atoms with E-state index in [1.54, 1.807) is 18.2 Å². The number of aromatic nitrogens is 2. The average Bonchev–Trinajstić information content (AvgIpc) is 3.17. The van der Waals surface area contributed by atoms with Gasteiger partial charge in [-0.25, -0.2) is 0 Å². The summed E-state index contributed by atoms with van der Waals surface area (Å²) in [4.78, 5) is 12.3. The number of halogens is 1. The first kappa shape index (κ1) is 16.3. The number of nitrogens with one attached hydrogen (secondary N) is 2. The van der Waals surface area contributed by atoms with Crippen molar-refractivity contribution in [2.45, 2.75) is 26.3 Å². The first-order valence-electron chi connectivity index (χ1n) is 7.69. The Morgan fingerprint density at radius 2 is 2.12 bits per heavy atom. The summed E-state index contributed by atoms with van der Waals surface area (Å²) in [7, 11) is 0. The van der Waals surface area contributed by atoms with Gasteiger partial charge in [0, 0.05) is 23.7 Å². The van der Waals surface area contributed by atoms with Gasteiger partial charge in [-0.3, -0.25) is 9.89 Å². The van der Waals surface area contributed by atoms with Gasteiger partial charge < -0.3 is 9.73 Å². The molecule has 1 aromatic carbocycles. The molecule has 0 radical (unpaired) electrons.